The van der Waals surface area contributed by atoms with Gasteiger partial charge in [-0.1, -0.05) is 0 Å². The van der Waals surface area contributed by atoms with Gasteiger partial charge in [0.1, 0.15) is 5.75 Å². The molecule has 24 heavy (non-hydrogen) atoms. The molecule has 0 saturated heterocycles. The van der Waals surface area contributed by atoms with Gasteiger partial charge in [-0.05, 0) is 43.9 Å². The number of carbonyl (C=O) groups excluding carboxylic acids is 2. The summed E-state index contributed by atoms with van der Waals surface area (Å²) in [6.45, 7) is 0. The molecule has 8 nitrogen and oxygen atoms in total. The molecule has 3 amide bonds. The van der Waals surface area contributed by atoms with Crippen LogP contribution in [0.4, 0.5) is 10.5 Å². The van der Waals surface area contributed by atoms with Gasteiger partial charge < -0.3 is 26.2 Å². The second-order valence-corrected chi connectivity index (χ2v) is 5.76. The van der Waals surface area contributed by atoms with Crippen LogP contribution in [0.3, 0.4) is 0 Å². The van der Waals surface area contributed by atoms with Crippen LogP contribution in [-0.4, -0.2) is 36.2 Å². The molecule has 0 atom stereocenters. The van der Waals surface area contributed by atoms with E-state index in [9.17, 15) is 14.4 Å². The Kier molecular flexibility index (Phi) is 5.62. The van der Waals surface area contributed by atoms with E-state index in [1.165, 1.54) is 19.2 Å². The van der Waals surface area contributed by atoms with Crippen LogP contribution in [0.15, 0.2) is 18.2 Å². The molecule has 1 aromatic carbocycles. The zero-order valence-corrected chi connectivity index (χ0v) is 13.4. The van der Waals surface area contributed by atoms with Crippen LogP contribution < -0.4 is 21.1 Å². The van der Waals surface area contributed by atoms with Crippen LogP contribution in [0.5, 0.6) is 5.75 Å². The Morgan fingerprint density at radius 2 is 1.88 bits per heavy atom. The molecule has 1 fully saturated rings. The third kappa shape index (κ3) is 4.37. The Morgan fingerprint density at radius 3 is 2.42 bits per heavy atom. The summed E-state index contributed by atoms with van der Waals surface area (Å²) < 4.78 is 5.15. The molecule has 0 aromatic heterocycles. The Morgan fingerprint density at radius 1 is 1.21 bits per heavy atom. The van der Waals surface area contributed by atoms with E-state index in [0.717, 1.165) is 0 Å². The molecule has 0 bridgehead atoms. The molecule has 0 spiro atoms. The number of methoxy groups -OCH3 is 1. The Bertz CT molecular complexity index is 639. The van der Waals surface area contributed by atoms with Crippen LogP contribution in [0.2, 0.25) is 0 Å². The lowest BCUT2D eigenvalue weighted by Crippen LogP contribution is -2.41. The molecule has 0 unspecified atom stereocenters. The number of anilines is 1. The summed E-state index contributed by atoms with van der Waals surface area (Å²) in [7, 11) is 1.43. The average molecular weight is 335 g/mol. The zero-order chi connectivity index (χ0) is 17.7. The number of nitrogens with two attached hydrogens (primary N) is 1. The van der Waals surface area contributed by atoms with Crippen molar-refractivity contribution in [2.75, 3.05) is 12.4 Å². The Labute approximate surface area is 139 Å². The molecule has 0 radical (unpaired) electrons. The van der Waals surface area contributed by atoms with Crippen LogP contribution >= 0.6 is 0 Å². The predicted octanol–water partition coefficient (Wildman–Crippen LogP) is 1.56. The van der Waals surface area contributed by atoms with Crippen molar-refractivity contribution in [3.05, 3.63) is 23.8 Å². The number of benzene rings is 1. The molecule has 0 aliphatic heterocycles. The number of carboxylic acids is 1. The number of carboxylic acid groups (broad SMARTS) is 1. The molecule has 1 aromatic rings. The minimum Gasteiger partial charge on any atom is -0.495 e. The monoisotopic (exact) mass is 335 g/mol. The first kappa shape index (κ1) is 17.6. The normalized spacial score (nSPS) is 20.0. The minimum atomic E-state index is -0.780. The third-order valence-electron chi connectivity index (χ3n) is 4.15. The van der Waals surface area contributed by atoms with Gasteiger partial charge in [0.05, 0.1) is 18.7 Å². The lowest BCUT2D eigenvalue weighted by atomic mass is 9.86. The summed E-state index contributed by atoms with van der Waals surface area (Å²) in [5.41, 5.74) is 5.91. The first-order chi connectivity index (χ1) is 11.4. The largest absolute Gasteiger partial charge is 0.495 e. The standard InChI is InChI=1S/C16H21N3O5/c1-24-13-8-10(14(17)20)4-7-12(13)19-16(23)18-11-5-2-9(3-6-11)15(21)22/h4,7-9,11H,2-3,5-6H2,1H3,(H2,17,20)(H,21,22)(H2,18,19,23). The van der Waals surface area contributed by atoms with Gasteiger partial charge in [-0.2, -0.15) is 0 Å². The summed E-state index contributed by atoms with van der Waals surface area (Å²) in [5, 5.41) is 14.5. The third-order valence-corrected chi connectivity index (χ3v) is 4.15. The second kappa shape index (κ2) is 7.67. The number of carbonyl (C=O) groups is 3. The first-order valence-corrected chi connectivity index (χ1v) is 7.69. The van der Waals surface area contributed by atoms with E-state index in [4.69, 9.17) is 15.6 Å². The van der Waals surface area contributed by atoms with Gasteiger partial charge >= 0.3 is 12.0 Å². The predicted molar refractivity (Wildman–Crippen MR) is 87.0 cm³/mol. The van der Waals surface area contributed by atoms with Crippen LogP contribution in [0, 0.1) is 5.92 Å². The quantitative estimate of drug-likeness (QED) is 0.648. The maximum atomic E-state index is 12.1. The van der Waals surface area contributed by atoms with E-state index < -0.39 is 17.9 Å². The van der Waals surface area contributed by atoms with Gasteiger partial charge in [0.2, 0.25) is 5.91 Å². The van der Waals surface area contributed by atoms with E-state index in [0.29, 0.717) is 37.1 Å². The van der Waals surface area contributed by atoms with Crippen molar-refractivity contribution in [2.24, 2.45) is 11.7 Å². The molecular weight excluding hydrogens is 314 g/mol. The highest BCUT2D eigenvalue weighted by molar-refractivity contribution is 5.96. The van der Waals surface area contributed by atoms with E-state index in [1.807, 2.05) is 0 Å². The molecule has 1 aliphatic carbocycles. The first-order valence-electron chi connectivity index (χ1n) is 7.69. The number of hydrogen-bond acceptors (Lipinski definition) is 4. The summed E-state index contributed by atoms with van der Waals surface area (Å²) in [4.78, 5) is 34.2. The average Bonchev–Trinajstić information content (AvgIpc) is 2.55. The molecule has 8 heteroatoms. The fraction of sp³-hybridized carbons (Fsp3) is 0.438. The fourth-order valence-electron chi connectivity index (χ4n) is 2.78. The number of nitrogens with one attached hydrogen (secondary N) is 2. The summed E-state index contributed by atoms with van der Waals surface area (Å²) in [6.07, 6.45) is 2.36. The van der Waals surface area contributed by atoms with E-state index in [-0.39, 0.29) is 17.5 Å². The molecule has 1 saturated carbocycles. The molecule has 5 N–H and O–H groups in total. The number of primary amides is 1. The van der Waals surface area contributed by atoms with Crippen LogP contribution in [-0.2, 0) is 4.79 Å². The number of amides is 3. The lowest BCUT2D eigenvalue weighted by Gasteiger charge is -2.27. The number of urea groups is 1. The molecule has 1 aliphatic rings. The maximum absolute atomic E-state index is 12.1. The van der Waals surface area contributed by atoms with Gasteiger partial charge in [-0.3, -0.25) is 9.59 Å². The SMILES string of the molecule is COc1cc(C(N)=O)ccc1NC(=O)NC1CCC(C(=O)O)CC1. The van der Waals surface area contributed by atoms with Gasteiger partial charge in [0.25, 0.3) is 0 Å². The fourth-order valence-corrected chi connectivity index (χ4v) is 2.78. The number of aliphatic carboxylic acids is 1. The van der Waals surface area contributed by atoms with Crippen molar-refractivity contribution in [2.45, 2.75) is 31.7 Å². The lowest BCUT2D eigenvalue weighted by molar-refractivity contribution is -0.142. The van der Waals surface area contributed by atoms with Crippen LogP contribution in [0.1, 0.15) is 36.0 Å². The Balaban J connectivity index is 1.93. The summed E-state index contributed by atoms with van der Waals surface area (Å²) in [5.74, 6) is -1.36. The number of hydrogen-bond donors (Lipinski definition) is 4. The van der Waals surface area contributed by atoms with Crippen molar-refractivity contribution in [1.29, 1.82) is 0 Å². The van der Waals surface area contributed by atoms with Crippen LogP contribution in [0.25, 0.3) is 0 Å². The molecular formula is C16H21N3O5. The van der Waals surface area contributed by atoms with Crippen molar-refractivity contribution >= 4 is 23.6 Å². The zero-order valence-electron chi connectivity index (χ0n) is 13.4. The second-order valence-electron chi connectivity index (χ2n) is 5.76. The topological polar surface area (TPSA) is 131 Å². The number of ether oxygens (including phenoxy) is 1. The maximum Gasteiger partial charge on any atom is 0.319 e. The van der Waals surface area contributed by atoms with Gasteiger partial charge in [-0.15, -0.1) is 0 Å². The number of rotatable bonds is 5. The Hall–Kier alpha value is -2.77. The van der Waals surface area contributed by atoms with Crippen molar-refractivity contribution < 1.29 is 24.2 Å². The minimum absolute atomic E-state index is 0.0588. The smallest absolute Gasteiger partial charge is 0.319 e. The van der Waals surface area contributed by atoms with Crippen molar-refractivity contribution in [3.63, 3.8) is 0 Å². The summed E-state index contributed by atoms with van der Waals surface area (Å²) in [6, 6.07) is 4.03. The molecule has 2 rings (SSSR count). The highest BCUT2D eigenvalue weighted by Gasteiger charge is 2.26. The molecule has 0 heterocycles. The van der Waals surface area contributed by atoms with E-state index >= 15 is 0 Å². The highest BCUT2D eigenvalue weighted by Crippen LogP contribution is 2.27. The highest BCUT2D eigenvalue weighted by atomic mass is 16.5. The van der Waals surface area contributed by atoms with Crippen molar-refractivity contribution in [1.82, 2.24) is 5.32 Å². The van der Waals surface area contributed by atoms with E-state index in [2.05, 4.69) is 10.6 Å². The van der Waals surface area contributed by atoms with E-state index in [1.54, 1.807) is 6.07 Å². The molecule has 130 valence electrons. The van der Waals surface area contributed by atoms with Gasteiger partial charge in [0, 0.05) is 11.6 Å². The van der Waals surface area contributed by atoms with Gasteiger partial charge in [-0.25, -0.2) is 4.79 Å². The van der Waals surface area contributed by atoms with Crippen molar-refractivity contribution in [3.8, 4) is 5.75 Å². The summed E-state index contributed by atoms with van der Waals surface area (Å²) >= 11 is 0. The van der Waals surface area contributed by atoms with Gasteiger partial charge in [0.15, 0.2) is 0 Å².